The van der Waals surface area contributed by atoms with E-state index in [4.69, 9.17) is 5.73 Å². The van der Waals surface area contributed by atoms with E-state index in [-0.39, 0.29) is 11.9 Å². The molecular formula is C14H20N2OS. The third kappa shape index (κ3) is 3.75. The number of amides is 1. The zero-order valence-electron chi connectivity index (χ0n) is 10.5. The highest BCUT2D eigenvalue weighted by Gasteiger charge is 2.17. The predicted molar refractivity (Wildman–Crippen MR) is 76.5 cm³/mol. The first kappa shape index (κ1) is 13.4. The molecule has 1 aromatic rings. The molecule has 1 aliphatic rings. The van der Waals surface area contributed by atoms with Crippen molar-refractivity contribution in [3.63, 3.8) is 0 Å². The van der Waals surface area contributed by atoms with Gasteiger partial charge in [0.15, 0.2) is 0 Å². The summed E-state index contributed by atoms with van der Waals surface area (Å²) in [7, 11) is 0. The van der Waals surface area contributed by atoms with E-state index >= 15 is 0 Å². The van der Waals surface area contributed by atoms with Crippen LogP contribution >= 0.6 is 11.8 Å². The molecule has 1 saturated heterocycles. The molecule has 1 heterocycles. The number of hydrogen-bond acceptors (Lipinski definition) is 3. The Bertz CT molecular complexity index is 377. The number of benzene rings is 1. The van der Waals surface area contributed by atoms with Crippen LogP contribution in [0.15, 0.2) is 30.3 Å². The Morgan fingerprint density at radius 1 is 1.28 bits per heavy atom. The fraction of sp³-hybridized carbons (Fsp3) is 0.500. The quantitative estimate of drug-likeness (QED) is 0.905. The van der Waals surface area contributed by atoms with Gasteiger partial charge in [0.25, 0.3) is 0 Å². The Hall–Kier alpha value is -1.00. The molecule has 1 fully saturated rings. The van der Waals surface area contributed by atoms with Crippen molar-refractivity contribution in [2.45, 2.75) is 18.9 Å². The third-order valence-electron chi connectivity index (χ3n) is 3.26. The Labute approximate surface area is 113 Å². The molecular weight excluding hydrogens is 244 g/mol. The van der Waals surface area contributed by atoms with Crippen LogP contribution in [-0.4, -0.2) is 35.4 Å². The molecule has 98 valence electrons. The minimum absolute atomic E-state index is 0.0330. The third-order valence-corrected chi connectivity index (χ3v) is 4.20. The molecule has 0 spiro atoms. The summed E-state index contributed by atoms with van der Waals surface area (Å²) < 4.78 is 0. The second-order valence-corrected chi connectivity index (χ2v) is 5.77. The normalized spacial score (nSPS) is 17.5. The van der Waals surface area contributed by atoms with Crippen LogP contribution in [0.3, 0.4) is 0 Å². The molecule has 0 aromatic heterocycles. The predicted octanol–water partition coefficient (Wildman–Crippen LogP) is 2.04. The second-order valence-electron chi connectivity index (χ2n) is 4.55. The number of carbonyl (C=O) groups is 1. The van der Waals surface area contributed by atoms with Gasteiger partial charge in [0.2, 0.25) is 5.91 Å². The van der Waals surface area contributed by atoms with Crippen molar-refractivity contribution in [2.75, 3.05) is 24.6 Å². The maximum Gasteiger partial charge on any atom is 0.222 e. The van der Waals surface area contributed by atoms with E-state index in [1.807, 2.05) is 47.0 Å². The van der Waals surface area contributed by atoms with Crippen molar-refractivity contribution in [3.8, 4) is 0 Å². The molecule has 18 heavy (non-hydrogen) atoms. The summed E-state index contributed by atoms with van der Waals surface area (Å²) in [6.45, 7) is 1.79. The van der Waals surface area contributed by atoms with Gasteiger partial charge in [0.05, 0.1) is 0 Å². The zero-order chi connectivity index (χ0) is 12.8. The molecule has 0 aliphatic carbocycles. The van der Waals surface area contributed by atoms with Gasteiger partial charge in [0, 0.05) is 37.1 Å². The largest absolute Gasteiger partial charge is 0.341 e. The standard InChI is InChI=1S/C14H20N2OS/c15-13(12-4-2-1-3-5-12)6-7-14(17)16-8-10-18-11-9-16/h1-5,13H,6-11,15H2. The lowest BCUT2D eigenvalue weighted by Gasteiger charge is -2.26. The lowest BCUT2D eigenvalue weighted by Crippen LogP contribution is -2.38. The summed E-state index contributed by atoms with van der Waals surface area (Å²) in [6, 6.07) is 9.96. The van der Waals surface area contributed by atoms with Crippen LogP contribution in [0.1, 0.15) is 24.4 Å². The van der Waals surface area contributed by atoms with Gasteiger partial charge in [-0.2, -0.15) is 11.8 Å². The molecule has 0 saturated carbocycles. The summed E-state index contributed by atoms with van der Waals surface area (Å²) in [6.07, 6.45) is 1.28. The van der Waals surface area contributed by atoms with Gasteiger partial charge >= 0.3 is 0 Å². The van der Waals surface area contributed by atoms with Crippen LogP contribution in [-0.2, 0) is 4.79 Å². The molecule has 4 heteroatoms. The molecule has 2 rings (SSSR count). The molecule has 1 unspecified atom stereocenters. The van der Waals surface area contributed by atoms with Gasteiger partial charge in [-0.3, -0.25) is 4.79 Å². The summed E-state index contributed by atoms with van der Waals surface area (Å²) in [5.41, 5.74) is 7.21. The van der Waals surface area contributed by atoms with Crippen LogP contribution in [0.5, 0.6) is 0 Å². The number of carbonyl (C=O) groups excluding carboxylic acids is 1. The number of rotatable bonds is 4. The van der Waals surface area contributed by atoms with Gasteiger partial charge in [0.1, 0.15) is 0 Å². The van der Waals surface area contributed by atoms with E-state index in [1.165, 1.54) is 0 Å². The molecule has 0 bridgehead atoms. The monoisotopic (exact) mass is 264 g/mol. The van der Waals surface area contributed by atoms with Crippen LogP contribution < -0.4 is 5.73 Å². The maximum absolute atomic E-state index is 12.0. The van der Waals surface area contributed by atoms with Gasteiger partial charge < -0.3 is 10.6 Å². The summed E-state index contributed by atoms with van der Waals surface area (Å²) in [5.74, 6) is 2.38. The van der Waals surface area contributed by atoms with Crippen molar-refractivity contribution < 1.29 is 4.79 Å². The van der Waals surface area contributed by atoms with E-state index in [0.29, 0.717) is 6.42 Å². The first-order valence-electron chi connectivity index (χ1n) is 6.43. The Kier molecular flexibility index (Phi) is 5.08. The smallest absolute Gasteiger partial charge is 0.222 e. The van der Waals surface area contributed by atoms with E-state index in [0.717, 1.165) is 36.6 Å². The average Bonchev–Trinajstić information content (AvgIpc) is 2.46. The topological polar surface area (TPSA) is 46.3 Å². The summed E-state index contributed by atoms with van der Waals surface area (Å²) >= 11 is 1.92. The molecule has 3 nitrogen and oxygen atoms in total. The molecule has 1 atom stereocenters. The van der Waals surface area contributed by atoms with Crippen LogP contribution in [0, 0.1) is 0 Å². The van der Waals surface area contributed by atoms with E-state index < -0.39 is 0 Å². The Morgan fingerprint density at radius 2 is 1.94 bits per heavy atom. The van der Waals surface area contributed by atoms with Crippen molar-refractivity contribution in [3.05, 3.63) is 35.9 Å². The minimum Gasteiger partial charge on any atom is -0.341 e. The zero-order valence-corrected chi connectivity index (χ0v) is 11.4. The highest BCUT2D eigenvalue weighted by atomic mass is 32.2. The van der Waals surface area contributed by atoms with Gasteiger partial charge in [-0.15, -0.1) is 0 Å². The number of nitrogens with zero attached hydrogens (tertiary/aromatic N) is 1. The fourth-order valence-corrected chi connectivity index (χ4v) is 3.02. The number of hydrogen-bond donors (Lipinski definition) is 1. The highest BCUT2D eigenvalue weighted by molar-refractivity contribution is 7.99. The van der Waals surface area contributed by atoms with E-state index in [2.05, 4.69) is 0 Å². The lowest BCUT2D eigenvalue weighted by atomic mass is 10.0. The lowest BCUT2D eigenvalue weighted by molar-refractivity contribution is -0.131. The van der Waals surface area contributed by atoms with Crippen LogP contribution in [0.4, 0.5) is 0 Å². The van der Waals surface area contributed by atoms with Crippen molar-refractivity contribution in [1.29, 1.82) is 0 Å². The minimum atomic E-state index is -0.0330. The van der Waals surface area contributed by atoms with Crippen LogP contribution in [0.2, 0.25) is 0 Å². The first-order valence-corrected chi connectivity index (χ1v) is 7.59. The SMILES string of the molecule is NC(CCC(=O)N1CCSCC1)c1ccccc1. The van der Waals surface area contributed by atoms with Crippen LogP contribution in [0.25, 0.3) is 0 Å². The molecule has 0 radical (unpaired) electrons. The summed E-state index contributed by atoms with van der Waals surface area (Å²) in [5, 5.41) is 0. The molecule has 1 aliphatic heterocycles. The van der Waals surface area contributed by atoms with Crippen molar-refractivity contribution in [2.24, 2.45) is 5.73 Å². The Balaban J connectivity index is 1.78. The molecule has 1 amide bonds. The van der Waals surface area contributed by atoms with Gasteiger partial charge in [-0.05, 0) is 12.0 Å². The molecule has 2 N–H and O–H groups in total. The first-order chi connectivity index (χ1) is 8.77. The fourth-order valence-electron chi connectivity index (χ4n) is 2.12. The Morgan fingerprint density at radius 3 is 2.61 bits per heavy atom. The number of nitrogens with two attached hydrogens (primary N) is 1. The average molecular weight is 264 g/mol. The van der Waals surface area contributed by atoms with Crippen molar-refractivity contribution >= 4 is 17.7 Å². The van der Waals surface area contributed by atoms with E-state index in [1.54, 1.807) is 0 Å². The summed E-state index contributed by atoms with van der Waals surface area (Å²) in [4.78, 5) is 14.0. The second kappa shape index (κ2) is 6.81. The van der Waals surface area contributed by atoms with Gasteiger partial charge in [-0.1, -0.05) is 30.3 Å². The molecule has 1 aromatic carbocycles. The maximum atomic E-state index is 12.0. The number of thioether (sulfide) groups is 1. The highest BCUT2D eigenvalue weighted by Crippen LogP contribution is 2.17. The van der Waals surface area contributed by atoms with E-state index in [9.17, 15) is 4.79 Å². The van der Waals surface area contributed by atoms with Crippen molar-refractivity contribution in [1.82, 2.24) is 4.90 Å². The van der Waals surface area contributed by atoms with Gasteiger partial charge in [-0.25, -0.2) is 0 Å².